The van der Waals surface area contributed by atoms with Crippen molar-refractivity contribution in [2.45, 2.75) is 72.0 Å². The van der Waals surface area contributed by atoms with E-state index in [1.165, 1.54) is 32.1 Å². The smallest absolute Gasteiger partial charge is 0.196 e. The molecule has 1 saturated carbocycles. The molecule has 0 bridgehead atoms. The molecule has 0 heterocycles. The Morgan fingerprint density at radius 2 is 1.82 bits per heavy atom. The molecular formula is C20H34O2. The van der Waals surface area contributed by atoms with E-state index >= 15 is 0 Å². The summed E-state index contributed by atoms with van der Waals surface area (Å²) in [5.74, 6) is 1.98. The Balaban J connectivity index is 2.17. The molecule has 1 aliphatic rings. The van der Waals surface area contributed by atoms with E-state index in [2.05, 4.69) is 27.0 Å². The Bertz CT molecular complexity index is 364. The van der Waals surface area contributed by atoms with Gasteiger partial charge in [0, 0.05) is 0 Å². The van der Waals surface area contributed by atoms with Crippen LogP contribution in [0.3, 0.4) is 0 Å². The maximum absolute atomic E-state index is 5.75. The zero-order chi connectivity index (χ0) is 16.4. The first-order valence-electron chi connectivity index (χ1n) is 8.87. The van der Waals surface area contributed by atoms with E-state index in [4.69, 9.17) is 9.47 Å². The summed E-state index contributed by atoms with van der Waals surface area (Å²) in [5, 5.41) is 0. The van der Waals surface area contributed by atoms with Crippen LogP contribution in [0.4, 0.5) is 0 Å². The summed E-state index contributed by atoms with van der Waals surface area (Å²) in [6.07, 6.45) is 12.8. The fourth-order valence-corrected chi connectivity index (χ4v) is 2.79. The quantitative estimate of drug-likeness (QED) is 0.279. The first-order chi connectivity index (χ1) is 10.5. The van der Waals surface area contributed by atoms with E-state index in [1.807, 2.05) is 19.1 Å². The average Bonchev–Trinajstić information content (AvgIpc) is 2.52. The van der Waals surface area contributed by atoms with Crippen LogP contribution < -0.4 is 0 Å². The SMILES string of the molecule is C=C(/C=C\C(=C)C(C)CC)OC(C)OCCC1CCCCC1. The highest BCUT2D eigenvalue weighted by Gasteiger charge is 2.13. The number of allylic oxidation sites excluding steroid dienone is 3. The fourth-order valence-electron chi connectivity index (χ4n) is 2.79. The van der Waals surface area contributed by atoms with Gasteiger partial charge in [0.05, 0.1) is 6.61 Å². The van der Waals surface area contributed by atoms with Crippen LogP contribution in [0.5, 0.6) is 0 Å². The van der Waals surface area contributed by atoms with Crippen LogP contribution in [-0.4, -0.2) is 12.9 Å². The van der Waals surface area contributed by atoms with Gasteiger partial charge in [-0.15, -0.1) is 0 Å². The Labute approximate surface area is 137 Å². The number of hydrogen-bond donors (Lipinski definition) is 0. The molecule has 0 radical (unpaired) electrons. The predicted molar refractivity (Wildman–Crippen MR) is 94.6 cm³/mol. The molecule has 1 rings (SSSR count). The maximum Gasteiger partial charge on any atom is 0.196 e. The van der Waals surface area contributed by atoms with E-state index in [9.17, 15) is 0 Å². The van der Waals surface area contributed by atoms with Crippen molar-refractivity contribution >= 4 is 0 Å². The lowest BCUT2D eigenvalue weighted by Gasteiger charge is -2.22. The summed E-state index contributed by atoms with van der Waals surface area (Å²) in [4.78, 5) is 0. The zero-order valence-corrected chi connectivity index (χ0v) is 14.8. The topological polar surface area (TPSA) is 18.5 Å². The van der Waals surface area contributed by atoms with Crippen molar-refractivity contribution in [1.82, 2.24) is 0 Å². The van der Waals surface area contributed by atoms with Crippen molar-refractivity contribution in [3.8, 4) is 0 Å². The normalized spacial score (nSPS) is 19.0. The van der Waals surface area contributed by atoms with Crippen molar-refractivity contribution in [1.29, 1.82) is 0 Å². The van der Waals surface area contributed by atoms with Gasteiger partial charge < -0.3 is 9.47 Å². The molecular weight excluding hydrogens is 272 g/mol. The molecule has 126 valence electrons. The van der Waals surface area contributed by atoms with Crippen molar-refractivity contribution in [3.63, 3.8) is 0 Å². The average molecular weight is 306 g/mol. The highest BCUT2D eigenvalue weighted by atomic mass is 16.7. The first-order valence-corrected chi connectivity index (χ1v) is 8.87. The van der Waals surface area contributed by atoms with Crippen LogP contribution >= 0.6 is 0 Å². The maximum atomic E-state index is 5.75. The molecule has 0 aromatic rings. The van der Waals surface area contributed by atoms with Gasteiger partial charge in [-0.2, -0.15) is 0 Å². The lowest BCUT2D eigenvalue weighted by Crippen LogP contribution is -2.16. The molecule has 2 heteroatoms. The van der Waals surface area contributed by atoms with Crippen LogP contribution in [0.25, 0.3) is 0 Å². The minimum Gasteiger partial charge on any atom is -0.466 e. The summed E-state index contributed by atoms with van der Waals surface area (Å²) in [6.45, 7) is 15.0. The molecule has 0 aliphatic heterocycles. The monoisotopic (exact) mass is 306 g/mol. The van der Waals surface area contributed by atoms with E-state index < -0.39 is 0 Å². The van der Waals surface area contributed by atoms with Crippen LogP contribution in [0.15, 0.2) is 36.6 Å². The molecule has 2 nitrogen and oxygen atoms in total. The summed E-state index contributed by atoms with van der Waals surface area (Å²) in [7, 11) is 0. The molecule has 2 atom stereocenters. The summed E-state index contributed by atoms with van der Waals surface area (Å²) in [6, 6.07) is 0. The largest absolute Gasteiger partial charge is 0.466 e. The molecule has 0 amide bonds. The predicted octanol–water partition coefficient (Wildman–Crippen LogP) is 6.01. The molecule has 2 unspecified atom stereocenters. The van der Waals surface area contributed by atoms with Crippen molar-refractivity contribution < 1.29 is 9.47 Å². The van der Waals surface area contributed by atoms with Gasteiger partial charge in [0.15, 0.2) is 6.29 Å². The summed E-state index contributed by atoms with van der Waals surface area (Å²) >= 11 is 0. The van der Waals surface area contributed by atoms with Gasteiger partial charge in [-0.05, 0) is 37.7 Å². The molecule has 0 saturated heterocycles. The van der Waals surface area contributed by atoms with Gasteiger partial charge in [0.25, 0.3) is 0 Å². The lowest BCUT2D eigenvalue weighted by atomic mass is 9.87. The van der Waals surface area contributed by atoms with Gasteiger partial charge in [-0.1, -0.05) is 70.8 Å². The van der Waals surface area contributed by atoms with E-state index in [1.54, 1.807) is 0 Å². The Morgan fingerprint density at radius 3 is 2.45 bits per heavy atom. The van der Waals surface area contributed by atoms with E-state index in [-0.39, 0.29) is 6.29 Å². The van der Waals surface area contributed by atoms with Gasteiger partial charge in [-0.25, -0.2) is 0 Å². The molecule has 0 N–H and O–H groups in total. The molecule has 22 heavy (non-hydrogen) atoms. The second-order valence-corrected chi connectivity index (χ2v) is 6.53. The van der Waals surface area contributed by atoms with Crippen molar-refractivity contribution in [2.24, 2.45) is 11.8 Å². The molecule has 1 aliphatic carbocycles. The highest BCUT2D eigenvalue weighted by molar-refractivity contribution is 5.22. The van der Waals surface area contributed by atoms with Gasteiger partial charge in [0.2, 0.25) is 0 Å². The number of ether oxygens (including phenoxy) is 2. The molecule has 1 fully saturated rings. The minimum atomic E-state index is -0.238. The van der Waals surface area contributed by atoms with Gasteiger partial charge >= 0.3 is 0 Å². The van der Waals surface area contributed by atoms with Crippen LogP contribution in [0, 0.1) is 11.8 Å². The molecule has 0 aromatic carbocycles. The van der Waals surface area contributed by atoms with E-state index in [0.717, 1.165) is 30.9 Å². The molecule has 0 spiro atoms. The summed E-state index contributed by atoms with van der Waals surface area (Å²) in [5.41, 5.74) is 1.11. The van der Waals surface area contributed by atoms with Crippen LogP contribution in [-0.2, 0) is 9.47 Å². The Hall–Kier alpha value is -1.02. The third-order valence-corrected chi connectivity index (χ3v) is 4.65. The Morgan fingerprint density at radius 1 is 1.14 bits per heavy atom. The van der Waals surface area contributed by atoms with Crippen LogP contribution in [0.2, 0.25) is 0 Å². The zero-order valence-electron chi connectivity index (χ0n) is 14.8. The standard InChI is InChI=1S/C20H34O2/c1-6-16(2)17(3)12-13-18(4)22-19(5)21-15-14-20-10-8-7-9-11-20/h12-13,16,19-20H,3-4,6-11,14-15H2,1-2,5H3/b13-12-. The van der Waals surface area contributed by atoms with E-state index in [0.29, 0.717) is 11.7 Å². The second-order valence-electron chi connectivity index (χ2n) is 6.53. The minimum absolute atomic E-state index is 0.238. The van der Waals surface area contributed by atoms with Crippen LogP contribution in [0.1, 0.15) is 65.7 Å². The third kappa shape index (κ3) is 7.84. The van der Waals surface area contributed by atoms with Gasteiger partial charge in [0.1, 0.15) is 5.76 Å². The second kappa shape index (κ2) is 10.7. The van der Waals surface area contributed by atoms with Gasteiger partial charge in [-0.3, -0.25) is 0 Å². The number of hydrogen-bond acceptors (Lipinski definition) is 2. The fraction of sp³-hybridized carbons (Fsp3) is 0.700. The Kier molecular flexibility index (Phi) is 9.22. The first kappa shape index (κ1) is 19.0. The third-order valence-electron chi connectivity index (χ3n) is 4.65. The lowest BCUT2D eigenvalue weighted by molar-refractivity contribution is -0.103. The van der Waals surface area contributed by atoms with Crippen molar-refractivity contribution in [3.05, 3.63) is 36.6 Å². The summed E-state index contributed by atoms with van der Waals surface area (Å²) < 4.78 is 11.4. The highest BCUT2D eigenvalue weighted by Crippen LogP contribution is 2.26. The number of rotatable bonds is 10. The molecule has 0 aromatic heterocycles. The van der Waals surface area contributed by atoms with Crippen molar-refractivity contribution in [2.75, 3.05) is 6.61 Å².